The van der Waals surface area contributed by atoms with Gasteiger partial charge in [0.2, 0.25) is 0 Å². The molecule has 0 radical (unpaired) electrons. The SMILES string of the molecule is CCCSc1nc(N/N=C/c2cccc(Cl)c2)c2nnn(Cc3ccccc3)c2n1. The van der Waals surface area contributed by atoms with Crippen molar-refractivity contribution in [1.82, 2.24) is 25.0 Å². The van der Waals surface area contributed by atoms with Gasteiger partial charge in [-0.15, -0.1) is 5.10 Å². The zero-order valence-electron chi connectivity index (χ0n) is 16.4. The molecule has 4 aromatic rings. The largest absolute Gasteiger partial charge is 0.259 e. The average Bonchev–Trinajstić information content (AvgIpc) is 3.16. The Balaban J connectivity index is 1.65. The Hall–Kier alpha value is -2.97. The van der Waals surface area contributed by atoms with Crippen molar-refractivity contribution in [2.24, 2.45) is 5.10 Å². The van der Waals surface area contributed by atoms with E-state index in [4.69, 9.17) is 11.6 Å². The smallest absolute Gasteiger partial charge is 0.191 e. The maximum Gasteiger partial charge on any atom is 0.191 e. The zero-order valence-corrected chi connectivity index (χ0v) is 17.9. The summed E-state index contributed by atoms with van der Waals surface area (Å²) in [4.78, 5) is 9.28. The first-order valence-corrected chi connectivity index (χ1v) is 10.9. The number of benzene rings is 2. The topological polar surface area (TPSA) is 80.9 Å². The summed E-state index contributed by atoms with van der Waals surface area (Å²) in [6.45, 7) is 2.71. The molecule has 0 fully saturated rings. The van der Waals surface area contributed by atoms with Crippen molar-refractivity contribution in [1.29, 1.82) is 0 Å². The number of hydrogen-bond donors (Lipinski definition) is 1. The minimum absolute atomic E-state index is 0.524. The van der Waals surface area contributed by atoms with Crippen molar-refractivity contribution in [3.05, 3.63) is 70.7 Å². The minimum atomic E-state index is 0.524. The van der Waals surface area contributed by atoms with Crippen molar-refractivity contribution >= 4 is 46.6 Å². The number of nitrogens with one attached hydrogen (secondary N) is 1. The van der Waals surface area contributed by atoms with Crippen molar-refractivity contribution in [2.45, 2.75) is 25.0 Å². The Labute approximate surface area is 183 Å². The molecular weight excluding hydrogens is 418 g/mol. The summed E-state index contributed by atoms with van der Waals surface area (Å²) in [5, 5.41) is 14.2. The highest BCUT2D eigenvalue weighted by molar-refractivity contribution is 7.99. The highest BCUT2D eigenvalue weighted by atomic mass is 35.5. The van der Waals surface area contributed by atoms with E-state index < -0.39 is 0 Å². The maximum atomic E-state index is 6.03. The van der Waals surface area contributed by atoms with Crippen molar-refractivity contribution < 1.29 is 0 Å². The van der Waals surface area contributed by atoms with Crippen LogP contribution in [0, 0.1) is 0 Å². The van der Waals surface area contributed by atoms with Gasteiger partial charge in [-0.1, -0.05) is 78.0 Å². The molecule has 0 aliphatic heterocycles. The summed E-state index contributed by atoms with van der Waals surface area (Å²) in [6.07, 6.45) is 2.72. The van der Waals surface area contributed by atoms with Crippen LogP contribution in [0.3, 0.4) is 0 Å². The fourth-order valence-electron chi connectivity index (χ4n) is 2.79. The first-order valence-electron chi connectivity index (χ1n) is 9.55. The van der Waals surface area contributed by atoms with Gasteiger partial charge in [-0.3, -0.25) is 5.43 Å². The normalized spacial score (nSPS) is 11.4. The second-order valence-corrected chi connectivity index (χ2v) is 8.03. The van der Waals surface area contributed by atoms with Crippen molar-refractivity contribution in [2.75, 3.05) is 11.2 Å². The molecule has 9 heteroatoms. The van der Waals surface area contributed by atoms with Crippen molar-refractivity contribution in [3.8, 4) is 0 Å². The fourth-order valence-corrected chi connectivity index (χ4v) is 3.68. The molecule has 0 atom stereocenters. The number of anilines is 1. The summed E-state index contributed by atoms with van der Waals surface area (Å²) in [5.74, 6) is 1.45. The Morgan fingerprint density at radius 3 is 2.80 bits per heavy atom. The molecule has 0 unspecified atom stereocenters. The molecule has 2 aromatic heterocycles. The van der Waals surface area contributed by atoms with Gasteiger partial charge in [-0.05, 0) is 29.7 Å². The maximum absolute atomic E-state index is 6.03. The van der Waals surface area contributed by atoms with E-state index in [0.717, 1.165) is 23.3 Å². The Morgan fingerprint density at radius 1 is 1.13 bits per heavy atom. The van der Waals surface area contributed by atoms with Crippen LogP contribution in [0.2, 0.25) is 5.02 Å². The quantitative estimate of drug-likeness (QED) is 0.183. The van der Waals surface area contributed by atoms with E-state index in [2.05, 4.69) is 49.9 Å². The van der Waals surface area contributed by atoms with Gasteiger partial charge in [0.1, 0.15) is 0 Å². The predicted molar refractivity (Wildman–Crippen MR) is 122 cm³/mol. The Bertz CT molecular complexity index is 1160. The van der Waals surface area contributed by atoms with Crippen LogP contribution in [0.1, 0.15) is 24.5 Å². The third kappa shape index (κ3) is 4.95. The molecule has 1 N–H and O–H groups in total. The van der Waals surface area contributed by atoms with Crippen LogP contribution >= 0.6 is 23.4 Å². The second kappa shape index (κ2) is 9.69. The summed E-state index contributed by atoms with van der Waals surface area (Å²) in [5.41, 5.74) is 6.26. The van der Waals surface area contributed by atoms with E-state index in [-0.39, 0.29) is 0 Å². The molecule has 152 valence electrons. The van der Waals surface area contributed by atoms with Crippen molar-refractivity contribution in [3.63, 3.8) is 0 Å². The fraction of sp³-hybridized carbons (Fsp3) is 0.190. The van der Waals surface area contributed by atoms with Crippen LogP contribution in [0.5, 0.6) is 0 Å². The van der Waals surface area contributed by atoms with Crippen LogP contribution in [-0.2, 0) is 6.54 Å². The molecular formula is C21H20ClN7S. The van der Waals surface area contributed by atoms with Gasteiger partial charge in [0, 0.05) is 10.8 Å². The predicted octanol–water partition coefficient (Wildman–Crippen LogP) is 4.87. The number of fused-ring (bicyclic) bond motifs is 1. The second-order valence-electron chi connectivity index (χ2n) is 6.53. The number of thioether (sulfide) groups is 1. The minimum Gasteiger partial charge on any atom is -0.259 e. The number of aromatic nitrogens is 5. The van der Waals surface area contributed by atoms with E-state index in [1.165, 1.54) is 0 Å². The summed E-state index contributed by atoms with van der Waals surface area (Å²) in [6, 6.07) is 17.6. The third-order valence-electron chi connectivity index (χ3n) is 4.19. The third-order valence-corrected chi connectivity index (χ3v) is 5.47. The van der Waals surface area contributed by atoms with E-state index in [0.29, 0.717) is 33.7 Å². The Morgan fingerprint density at radius 2 is 2.00 bits per heavy atom. The van der Waals surface area contributed by atoms with Crippen LogP contribution in [0.4, 0.5) is 5.82 Å². The molecule has 0 amide bonds. The summed E-state index contributed by atoms with van der Waals surface area (Å²) >= 11 is 7.63. The lowest BCUT2D eigenvalue weighted by atomic mass is 10.2. The van der Waals surface area contributed by atoms with Gasteiger partial charge >= 0.3 is 0 Å². The highest BCUT2D eigenvalue weighted by Crippen LogP contribution is 2.23. The van der Waals surface area contributed by atoms with Gasteiger partial charge in [-0.2, -0.15) is 5.10 Å². The average molecular weight is 438 g/mol. The molecule has 2 aromatic carbocycles. The van der Waals surface area contributed by atoms with Crippen LogP contribution in [0.15, 0.2) is 64.9 Å². The molecule has 0 saturated heterocycles. The van der Waals surface area contributed by atoms with Gasteiger partial charge in [0.05, 0.1) is 12.8 Å². The Kier molecular flexibility index (Phi) is 6.56. The molecule has 0 saturated carbocycles. The number of hydrogen-bond acceptors (Lipinski definition) is 7. The standard InChI is InChI=1S/C21H20ClN7S/c1-2-11-30-21-24-19(27-23-13-16-9-6-10-17(22)12-16)18-20(25-21)29(28-26-18)14-15-7-4-3-5-8-15/h3-10,12-13H,2,11,14H2,1H3,(H,24,25,27)/b23-13+. The summed E-state index contributed by atoms with van der Waals surface area (Å²) < 4.78 is 1.79. The first kappa shape index (κ1) is 20.3. The van der Waals surface area contributed by atoms with Gasteiger partial charge in [-0.25, -0.2) is 14.6 Å². The highest BCUT2D eigenvalue weighted by Gasteiger charge is 2.15. The van der Waals surface area contributed by atoms with Gasteiger partial charge < -0.3 is 0 Å². The van der Waals surface area contributed by atoms with E-state index in [1.54, 1.807) is 22.7 Å². The zero-order chi connectivity index (χ0) is 20.8. The molecule has 2 heterocycles. The molecule has 7 nitrogen and oxygen atoms in total. The lowest BCUT2D eigenvalue weighted by Crippen LogP contribution is -2.04. The van der Waals surface area contributed by atoms with E-state index >= 15 is 0 Å². The number of nitrogens with zero attached hydrogens (tertiary/aromatic N) is 6. The molecule has 30 heavy (non-hydrogen) atoms. The summed E-state index contributed by atoms with van der Waals surface area (Å²) in [7, 11) is 0. The molecule has 0 aliphatic carbocycles. The monoisotopic (exact) mass is 437 g/mol. The molecule has 0 aliphatic rings. The van der Waals surface area contributed by atoms with Crippen LogP contribution < -0.4 is 5.43 Å². The van der Waals surface area contributed by atoms with Crippen LogP contribution in [-0.4, -0.2) is 36.9 Å². The number of halogens is 1. The first-order chi connectivity index (χ1) is 14.7. The molecule has 0 bridgehead atoms. The van der Waals surface area contributed by atoms with E-state index in [9.17, 15) is 0 Å². The lowest BCUT2D eigenvalue weighted by Gasteiger charge is -2.06. The number of rotatable bonds is 8. The molecule has 4 rings (SSSR count). The van der Waals surface area contributed by atoms with Crippen LogP contribution in [0.25, 0.3) is 11.2 Å². The number of hydrazone groups is 1. The lowest BCUT2D eigenvalue weighted by molar-refractivity contribution is 0.661. The van der Waals surface area contributed by atoms with E-state index in [1.807, 2.05) is 42.5 Å². The molecule has 0 spiro atoms. The van der Waals surface area contributed by atoms with Gasteiger partial charge in [0.25, 0.3) is 0 Å². The van der Waals surface area contributed by atoms with Gasteiger partial charge in [0.15, 0.2) is 22.1 Å².